The summed E-state index contributed by atoms with van der Waals surface area (Å²) < 4.78 is 18.1. The smallest absolute Gasteiger partial charge is 0.165 e. The molecule has 0 aliphatic rings. The number of benzene rings is 1. The van der Waals surface area contributed by atoms with Crippen molar-refractivity contribution in [2.45, 2.75) is 13.0 Å². The Labute approximate surface area is 82.3 Å². The lowest BCUT2D eigenvalue weighted by Gasteiger charge is -2.16. The standard InChI is InChI=1S/C10H14FNO2/c1-6-3-4-7(11)10(14-2)9(6)8(13)5-12/h3-4,8,13H,5,12H2,1-2H3. The van der Waals surface area contributed by atoms with Gasteiger partial charge in [0, 0.05) is 12.1 Å². The summed E-state index contributed by atoms with van der Waals surface area (Å²) in [5.41, 5.74) is 6.51. The van der Waals surface area contributed by atoms with Crippen LogP contribution in [0.15, 0.2) is 12.1 Å². The van der Waals surface area contributed by atoms with Crippen LogP contribution < -0.4 is 10.5 Å². The predicted molar refractivity (Wildman–Crippen MR) is 51.7 cm³/mol. The lowest BCUT2D eigenvalue weighted by atomic mass is 10.0. The monoisotopic (exact) mass is 199 g/mol. The Hall–Kier alpha value is -1.13. The summed E-state index contributed by atoms with van der Waals surface area (Å²) in [6.45, 7) is 1.82. The third-order valence-electron chi connectivity index (χ3n) is 2.13. The first-order valence-electron chi connectivity index (χ1n) is 4.33. The molecule has 0 aliphatic carbocycles. The first-order chi connectivity index (χ1) is 6.61. The second-order valence-corrected chi connectivity index (χ2v) is 3.06. The van der Waals surface area contributed by atoms with Crippen LogP contribution in [0.25, 0.3) is 0 Å². The Bertz CT molecular complexity index is 328. The molecule has 0 radical (unpaired) electrons. The third kappa shape index (κ3) is 1.86. The SMILES string of the molecule is COc1c(F)ccc(C)c1C(O)CN. The van der Waals surface area contributed by atoms with E-state index in [9.17, 15) is 9.50 Å². The molecule has 1 atom stereocenters. The van der Waals surface area contributed by atoms with Gasteiger partial charge < -0.3 is 15.6 Å². The number of ether oxygens (including phenoxy) is 1. The molecular formula is C10H14FNO2. The molecule has 1 rings (SSSR count). The molecule has 14 heavy (non-hydrogen) atoms. The number of halogens is 1. The molecule has 0 aliphatic heterocycles. The third-order valence-corrected chi connectivity index (χ3v) is 2.13. The number of rotatable bonds is 3. The molecule has 0 fully saturated rings. The Morgan fingerprint density at radius 3 is 2.71 bits per heavy atom. The molecule has 1 aromatic carbocycles. The van der Waals surface area contributed by atoms with Gasteiger partial charge in [-0.1, -0.05) is 6.07 Å². The molecule has 0 saturated carbocycles. The molecule has 0 heterocycles. The zero-order chi connectivity index (χ0) is 10.7. The van der Waals surface area contributed by atoms with Crippen LogP contribution in [0.5, 0.6) is 5.75 Å². The van der Waals surface area contributed by atoms with E-state index >= 15 is 0 Å². The van der Waals surface area contributed by atoms with Crippen molar-refractivity contribution < 1.29 is 14.2 Å². The molecule has 0 amide bonds. The van der Waals surface area contributed by atoms with Gasteiger partial charge in [0.05, 0.1) is 13.2 Å². The van der Waals surface area contributed by atoms with E-state index in [4.69, 9.17) is 10.5 Å². The van der Waals surface area contributed by atoms with E-state index in [0.29, 0.717) is 5.56 Å². The quantitative estimate of drug-likeness (QED) is 0.767. The fraction of sp³-hybridized carbons (Fsp3) is 0.400. The molecule has 3 N–H and O–H groups in total. The van der Waals surface area contributed by atoms with Gasteiger partial charge in [-0.05, 0) is 18.6 Å². The second kappa shape index (κ2) is 4.39. The maximum absolute atomic E-state index is 13.3. The highest BCUT2D eigenvalue weighted by Crippen LogP contribution is 2.30. The van der Waals surface area contributed by atoms with Crippen LogP contribution in [0, 0.1) is 12.7 Å². The number of aryl methyl sites for hydroxylation is 1. The summed E-state index contributed by atoms with van der Waals surface area (Å²) in [6.07, 6.45) is -0.888. The number of hydrogen-bond donors (Lipinski definition) is 2. The van der Waals surface area contributed by atoms with Crippen molar-refractivity contribution in [1.29, 1.82) is 0 Å². The molecule has 0 saturated heterocycles. The van der Waals surface area contributed by atoms with E-state index in [0.717, 1.165) is 5.56 Å². The van der Waals surface area contributed by atoms with E-state index in [1.807, 2.05) is 0 Å². The molecule has 78 valence electrons. The predicted octanol–water partition coefficient (Wildman–Crippen LogP) is 1.13. The van der Waals surface area contributed by atoms with Gasteiger partial charge in [0.15, 0.2) is 11.6 Å². The van der Waals surface area contributed by atoms with Gasteiger partial charge in [-0.3, -0.25) is 0 Å². The number of aliphatic hydroxyl groups excluding tert-OH is 1. The van der Waals surface area contributed by atoms with Gasteiger partial charge in [0.1, 0.15) is 0 Å². The van der Waals surface area contributed by atoms with Crippen molar-refractivity contribution in [3.8, 4) is 5.75 Å². The van der Waals surface area contributed by atoms with Crippen LogP contribution in [-0.4, -0.2) is 18.8 Å². The van der Waals surface area contributed by atoms with Crippen LogP contribution in [0.1, 0.15) is 17.2 Å². The van der Waals surface area contributed by atoms with Crippen molar-refractivity contribution in [1.82, 2.24) is 0 Å². The molecule has 1 aromatic rings. The molecule has 0 aromatic heterocycles. The maximum atomic E-state index is 13.3. The fourth-order valence-electron chi connectivity index (χ4n) is 1.41. The largest absolute Gasteiger partial charge is 0.493 e. The van der Waals surface area contributed by atoms with Gasteiger partial charge >= 0.3 is 0 Å². The normalized spacial score (nSPS) is 12.6. The fourth-order valence-corrected chi connectivity index (χ4v) is 1.41. The van der Waals surface area contributed by atoms with Gasteiger partial charge in [0.2, 0.25) is 0 Å². The van der Waals surface area contributed by atoms with Gasteiger partial charge in [0.25, 0.3) is 0 Å². The minimum absolute atomic E-state index is 0.0423. The topological polar surface area (TPSA) is 55.5 Å². The number of aliphatic hydroxyl groups is 1. The van der Waals surface area contributed by atoms with Crippen molar-refractivity contribution in [3.63, 3.8) is 0 Å². The second-order valence-electron chi connectivity index (χ2n) is 3.06. The highest BCUT2D eigenvalue weighted by Gasteiger charge is 2.17. The first-order valence-corrected chi connectivity index (χ1v) is 4.33. The van der Waals surface area contributed by atoms with Gasteiger partial charge in [-0.2, -0.15) is 0 Å². The summed E-state index contributed by atoms with van der Waals surface area (Å²) in [5, 5.41) is 9.57. The van der Waals surface area contributed by atoms with Crippen molar-refractivity contribution in [3.05, 3.63) is 29.1 Å². The Morgan fingerprint density at radius 1 is 1.57 bits per heavy atom. The molecule has 0 spiro atoms. The van der Waals surface area contributed by atoms with Crippen molar-refractivity contribution in [2.24, 2.45) is 5.73 Å². The number of hydrogen-bond acceptors (Lipinski definition) is 3. The summed E-state index contributed by atoms with van der Waals surface area (Å²) >= 11 is 0. The summed E-state index contributed by atoms with van der Waals surface area (Å²) in [6, 6.07) is 2.90. The average molecular weight is 199 g/mol. The highest BCUT2D eigenvalue weighted by molar-refractivity contribution is 5.42. The van der Waals surface area contributed by atoms with Gasteiger partial charge in [-0.15, -0.1) is 0 Å². The van der Waals surface area contributed by atoms with E-state index < -0.39 is 11.9 Å². The van der Waals surface area contributed by atoms with Crippen LogP contribution in [0.4, 0.5) is 4.39 Å². The Kier molecular flexibility index (Phi) is 3.43. The number of nitrogens with two attached hydrogens (primary N) is 1. The minimum Gasteiger partial charge on any atom is -0.493 e. The van der Waals surface area contributed by atoms with E-state index in [1.54, 1.807) is 13.0 Å². The summed E-state index contributed by atoms with van der Waals surface area (Å²) in [5.74, 6) is -0.413. The zero-order valence-electron chi connectivity index (χ0n) is 8.25. The maximum Gasteiger partial charge on any atom is 0.165 e. The number of methoxy groups -OCH3 is 1. The van der Waals surface area contributed by atoms with E-state index in [-0.39, 0.29) is 12.3 Å². The van der Waals surface area contributed by atoms with Crippen molar-refractivity contribution >= 4 is 0 Å². The van der Waals surface area contributed by atoms with Crippen LogP contribution in [-0.2, 0) is 0 Å². The average Bonchev–Trinajstić information content (AvgIpc) is 2.19. The highest BCUT2D eigenvalue weighted by atomic mass is 19.1. The summed E-state index contributed by atoms with van der Waals surface area (Å²) in [7, 11) is 1.37. The molecule has 3 nitrogen and oxygen atoms in total. The lowest BCUT2D eigenvalue weighted by Crippen LogP contribution is -2.14. The first kappa shape index (κ1) is 10.9. The molecule has 1 unspecified atom stereocenters. The van der Waals surface area contributed by atoms with Crippen LogP contribution >= 0.6 is 0 Å². The lowest BCUT2D eigenvalue weighted by molar-refractivity contribution is 0.180. The molecule has 0 bridgehead atoms. The Morgan fingerprint density at radius 2 is 2.21 bits per heavy atom. The minimum atomic E-state index is -0.888. The van der Waals surface area contributed by atoms with Crippen LogP contribution in [0.2, 0.25) is 0 Å². The van der Waals surface area contributed by atoms with Crippen molar-refractivity contribution in [2.75, 3.05) is 13.7 Å². The van der Waals surface area contributed by atoms with E-state index in [1.165, 1.54) is 13.2 Å². The summed E-state index contributed by atoms with van der Waals surface area (Å²) in [4.78, 5) is 0. The molecular weight excluding hydrogens is 185 g/mol. The van der Waals surface area contributed by atoms with E-state index in [2.05, 4.69) is 0 Å². The van der Waals surface area contributed by atoms with Crippen LogP contribution in [0.3, 0.4) is 0 Å². The zero-order valence-corrected chi connectivity index (χ0v) is 8.25. The van der Waals surface area contributed by atoms with Gasteiger partial charge in [-0.25, -0.2) is 4.39 Å². The Balaban J connectivity index is 3.29. The molecule has 4 heteroatoms.